The minimum atomic E-state index is -0.385. The van der Waals surface area contributed by atoms with Crippen molar-refractivity contribution in [2.75, 3.05) is 6.61 Å². The van der Waals surface area contributed by atoms with Gasteiger partial charge in [-0.2, -0.15) is 0 Å². The van der Waals surface area contributed by atoms with Gasteiger partial charge in [0.2, 0.25) is 0 Å². The lowest BCUT2D eigenvalue weighted by Crippen LogP contribution is -2.26. The Morgan fingerprint density at radius 1 is 1.44 bits per heavy atom. The fourth-order valence-corrected chi connectivity index (χ4v) is 1.95. The molecule has 0 aromatic heterocycles. The number of esters is 2. The van der Waals surface area contributed by atoms with Crippen LogP contribution in [0.5, 0.6) is 0 Å². The number of hydrogen-bond donors (Lipinski definition) is 0. The van der Waals surface area contributed by atoms with Crippen molar-refractivity contribution in [2.24, 2.45) is 5.92 Å². The predicted molar refractivity (Wildman–Crippen MR) is 58.8 cm³/mol. The van der Waals surface area contributed by atoms with Gasteiger partial charge in [0.15, 0.2) is 0 Å². The van der Waals surface area contributed by atoms with Crippen molar-refractivity contribution in [3.63, 3.8) is 0 Å². The first-order chi connectivity index (χ1) is 7.69. The number of cyclic esters (lactones) is 1. The van der Waals surface area contributed by atoms with Crippen LogP contribution in [0.25, 0.3) is 0 Å². The van der Waals surface area contributed by atoms with Gasteiger partial charge in [-0.05, 0) is 19.8 Å². The van der Waals surface area contributed by atoms with Gasteiger partial charge in [-0.25, -0.2) is 0 Å². The van der Waals surface area contributed by atoms with E-state index in [1.165, 1.54) is 0 Å². The summed E-state index contributed by atoms with van der Waals surface area (Å²) in [5, 5.41) is 0. The van der Waals surface area contributed by atoms with E-state index in [-0.39, 0.29) is 30.4 Å². The molecular weight excluding hydrogens is 208 g/mol. The molecule has 92 valence electrons. The molecule has 0 unspecified atom stereocenters. The Hall–Kier alpha value is -1.06. The Bertz CT molecular complexity index is 249. The van der Waals surface area contributed by atoms with Crippen LogP contribution in [0.1, 0.15) is 46.0 Å². The van der Waals surface area contributed by atoms with E-state index in [9.17, 15) is 9.59 Å². The van der Waals surface area contributed by atoms with Gasteiger partial charge in [-0.3, -0.25) is 9.59 Å². The van der Waals surface area contributed by atoms with Crippen molar-refractivity contribution in [2.45, 2.75) is 52.1 Å². The third-order valence-corrected chi connectivity index (χ3v) is 2.80. The molecule has 1 aliphatic rings. The molecule has 1 heterocycles. The molecule has 0 amide bonds. The maximum Gasteiger partial charge on any atom is 0.313 e. The van der Waals surface area contributed by atoms with E-state index in [1.807, 2.05) is 0 Å². The molecule has 0 aromatic carbocycles. The predicted octanol–water partition coefficient (Wildman–Crippen LogP) is 2.06. The van der Waals surface area contributed by atoms with Crippen LogP contribution in [0.3, 0.4) is 0 Å². The third-order valence-electron chi connectivity index (χ3n) is 2.80. The lowest BCUT2D eigenvalue weighted by Gasteiger charge is -2.15. The summed E-state index contributed by atoms with van der Waals surface area (Å²) in [6.45, 7) is 4.23. The van der Waals surface area contributed by atoms with Crippen LogP contribution in [0, 0.1) is 5.92 Å². The molecule has 1 rings (SSSR count). The highest BCUT2D eigenvalue weighted by atomic mass is 16.6. The molecule has 0 saturated carbocycles. The SMILES string of the molecule is CCCCC[C@H]1OC(=O)C[C@@H]1C(=O)OCC. The minimum Gasteiger partial charge on any atom is -0.466 e. The zero-order valence-corrected chi connectivity index (χ0v) is 10.0. The van der Waals surface area contributed by atoms with Crippen LogP contribution < -0.4 is 0 Å². The summed E-state index contributed by atoms with van der Waals surface area (Å²) in [6.07, 6.45) is 3.88. The number of rotatable bonds is 6. The van der Waals surface area contributed by atoms with Crippen LogP contribution >= 0.6 is 0 Å². The Labute approximate surface area is 96.3 Å². The van der Waals surface area contributed by atoms with E-state index in [1.54, 1.807) is 6.92 Å². The lowest BCUT2D eigenvalue weighted by atomic mass is 9.97. The number of hydrogen-bond acceptors (Lipinski definition) is 4. The maximum atomic E-state index is 11.6. The molecule has 0 bridgehead atoms. The summed E-state index contributed by atoms with van der Waals surface area (Å²) in [4.78, 5) is 22.8. The summed E-state index contributed by atoms with van der Waals surface area (Å²) in [7, 11) is 0. The first kappa shape index (κ1) is 13.0. The Morgan fingerprint density at radius 2 is 2.19 bits per heavy atom. The molecule has 16 heavy (non-hydrogen) atoms. The highest BCUT2D eigenvalue weighted by Gasteiger charge is 2.40. The monoisotopic (exact) mass is 228 g/mol. The quantitative estimate of drug-likeness (QED) is 0.516. The van der Waals surface area contributed by atoms with E-state index >= 15 is 0 Å². The molecule has 0 radical (unpaired) electrons. The van der Waals surface area contributed by atoms with Crippen molar-refractivity contribution in [3.8, 4) is 0 Å². The maximum absolute atomic E-state index is 11.6. The van der Waals surface area contributed by atoms with Crippen LogP contribution in [0.15, 0.2) is 0 Å². The van der Waals surface area contributed by atoms with E-state index < -0.39 is 0 Å². The molecule has 0 aliphatic carbocycles. The molecule has 0 aromatic rings. The fourth-order valence-electron chi connectivity index (χ4n) is 1.95. The highest BCUT2D eigenvalue weighted by molar-refractivity contribution is 5.83. The molecule has 0 spiro atoms. The zero-order chi connectivity index (χ0) is 12.0. The van der Waals surface area contributed by atoms with E-state index in [2.05, 4.69) is 6.92 Å². The van der Waals surface area contributed by atoms with Crippen LogP contribution in [-0.4, -0.2) is 24.6 Å². The van der Waals surface area contributed by atoms with E-state index in [0.29, 0.717) is 6.61 Å². The smallest absolute Gasteiger partial charge is 0.313 e. The largest absolute Gasteiger partial charge is 0.466 e. The van der Waals surface area contributed by atoms with Gasteiger partial charge >= 0.3 is 11.9 Å². The average Bonchev–Trinajstić information content (AvgIpc) is 2.61. The normalized spacial score (nSPS) is 24.2. The number of carbonyl (C=O) groups excluding carboxylic acids is 2. The lowest BCUT2D eigenvalue weighted by molar-refractivity contribution is -0.150. The van der Waals surface area contributed by atoms with Gasteiger partial charge in [0.25, 0.3) is 0 Å². The molecule has 1 fully saturated rings. The summed E-state index contributed by atoms with van der Waals surface area (Å²) in [5.74, 6) is -0.960. The van der Waals surface area contributed by atoms with Gasteiger partial charge in [0, 0.05) is 0 Å². The average molecular weight is 228 g/mol. The topological polar surface area (TPSA) is 52.6 Å². The molecule has 2 atom stereocenters. The van der Waals surface area contributed by atoms with Crippen molar-refractivity contribution in [3.05, 3.63) is 0 Å². The van der Waals surface area contributed by atoms with Gasteiger partial charge in [0.1, 0.15) is 12.0 Å². The van der Waals surface area contributed by atoms with E-state index in [0.717, 1.165) is 25.7 Å². The molecule has 1 saturated heterocycles. The number of unbranched alkanes of at least 4 members (excludes halogenated alkanes) is 2. The molecular formula is C12H20O4. The highest BCUT2D eigenvalue weighted by Crippen LogP contribution is 2.27. The second-order valence-corrected chi connectivity index (χ2v) is 4.09. The first-order valence-electron chi connectivity index (χ1n) is 6.05. The van der Waals surface area contributed by atoms with Crippen LogP contribution in [0.2, 0.25) is 0 Å². The summed E-state index contributed by atoms with van der Waals surface area (Å²) in [5.41, 5.74) is 0. The molecule has 4 heteroatoms. The van der Waals surface area contributed by atoms with Crippen LogP contribution in [-0.2, 0) is 19.1 Å². The second kappa shape index (κ2) is 6.51. The van der Waals surface area contributed by atoms with Crippen molar-refractivity contribution in [1.82, 2.24) is 0 Å². The molecule has 1 aliphatic heterocycles. The third kappa shape index (κ3) is 3.51. The summed E-state index contributed by atoms with van der Waals surface area (Å²) >= 11 is 0. The fraction of sp³-hybridized carbons (Fsp3) is 0.833. The Kier molecular flexibility index (Phi) is 5.29. The van der Waals surface area contributed by atoms with Crippen molar-refractivity contribution in [1.29, 1.82) is 0 Å². The Balaban J connectivity index is 2.45. The second-order valence-electron chi connectivity index (χ2n) is 4.09. The standard InChI is InChI=1S/C12H20O4/c1-3-5-6-7-10-9(8-11(13)16-10)12(14)15-4-2/h9-10H,3-8H2,1-2H3/t9-,10+/m0/s1. The molecule has 4 nitrogen and oxygen atoms in total. The van der Waals surface area contributed by atoms with Crippen molar-refractivity contribution < 1.29 is 19.1 Å². The van der Waals surface area contributed by atoms with Gasteiger partial charge in [-0.1, -0.05) is 19.8 Å². The van der Waals surface area contributed by atoms with Crippen molar-refractivity contribution >= 4 is 11.9 Å². The summed E-state index contributed by atoms with van der Waals surface area (Å²) < 4.78 is 10.1. The number of ether oxygens (including phenoxy) is 2. The van der Waals surface area contributed by atoms with Gasteiger partial charge < -0.3 is 9.47 Å². The Morgan fingerprint density at radius 3 is 2.81 bits per heavy atom. The summed E-state index contributed by atoms with van der Waals surface area (Å²) in [6, 6.07) is 0. The van der Waals surface area contributed by atoms with Gasteiger partial charge in [0.05, 0.1) is 13.0 Å². The molecule has 0 N–H and O–H groups in total. The first-order valence-corrected chi connectivity index (χ1v) is 6.05. The van der Waals surface area contributed by atoms with Crippen LogP contribution in [0.4, 0.5) is 0 Å². The van der Waals surface area contributed by atoms with Gasteiger partial charge in [-0.15, -0.1) is 0 Å². The number of carbonyl (C=O) groups is 2. The zero-order valence-electron chi connectivity index (χ0n) is 10.0. The van der Waals surface area contributed by atoms with E-state index in [4.69, 9.17) is 9.47 Å². The minimum absolute atomic E-state index is 0.176.